The Bertz CT molecular complexity index is 1430. The number of hydrazone groups is 1. The number of hydrogen-bond donors (Lipinski definition) is 0. The molecule has 3 heterocycles. The summed E-state index contributed by atoms with van der Waals surface area (Å²) in [4.78, 5) is 53.9. The molecule has 2 aromatic carbocycles. The molecule has 0 aromatic heterocycles. The maximum atomic E-state index is 14.5. The third-order valence-corrected chi connectivity index (χ3v) is 8.37. The van der Waals surface area contributed by atoms with Gasteiger partial charge in [-0.05, 0) is 50.3 Å². The minimum atomic E-state index is -2.05. The second-order valence-electron chi connectivity index (χ2n) is 12.1. The third kappa shape index (κ3) is 4.17. The highest BCUT2D eigenvalue weighted by atomic mass is 16.7. The molecule has 4 aliphatic rings. The van der Waals surface area contributed by atoms with E-state index in [2.05, 4.69) is 5.10 Å². The molecule has 1 saturated carbocycles. The Kier molecular flexibility index (Phi) is 6.16. The summed E-state index contributed by atoms with van der Waals surface area (Å²) in [7, 11) is 0. The molecule has 6 rings (SSSR count). The fourth-order valence-electron chi connectivity index (χ4n) is 6.71. The molecule has 0 unspecified atom stereocenters. The molecule has 3 atom stereocenters. The molecule has 11 heteroatoms. The van der Waals surface area contributed by atoms with E-state index in [1.807, 2.05) is 12.1 Å². The van der Waals surface area contributed by atoms with Gasteiger partial charge in [0.25, 0.3) is 11.5 Å². The SMILES string of the molecule is CC(C)(C)OC(=O)[C@H]1[C@H](c2ccc([N+](=O)[O-])cc2)C2(C(=O)OC3(CCCCC3)OC2=O)[C@H]2c3ccccc3C=NN12. The maximum absolute atomic E-state index is 14.5. The van der Waals surface area contributed by atoms with Crippen molar-refractivity contribution in [3.8, 4) is 0 Å². The maximum Gasteiger partial charge on any atom is 0.331 e. The number of carbonyl (C=O) groups excluding carboxylic acids is 3. The van der Waals surface area contributed by atoms with E-state index in [4.69, 9.17) is 14.2 Å². The van der Waals surface area contributed by atoms with Crippen molar-refractivity contribution in [2.24, 2.45) is 10.5 Å². The fourth-order valence-corrected chi connectivity index (χ4v) is 6.71. The van der Waals surface area contributed by atoms with Crippen LogP contribution in [0.15, 0.2) is 53.6 Å². The zero-order valence-electron chi connectivity index (χ0n) is 23.1. The van der Waals surface area contributed by atoms with Crippen molar-refractivity contribution < 1.29 is 33.5 Å². The summed E-state index contributed by atoms with van der Waals surface area (Å²) >= 11 is 0. The van der Waals surface area contributed by atoms with E-state index in [0.717, 1.165) is 19.3 Å². The summed E-state index contributed by atoms with van der Waals surface area (Å²) in [6.07, 6.45) is 4.78. The van der Waals surface area contributed by atoms with Crippen molar-refractivity contribution in [1.29, 1.82) is 0 Å². The standard InChI is InChI=1S/C30H31N3O8/c1-28(2,3)39-25(34)23-22(18-11-13-20(14-12-18)33(37)38)30(24-21-10-6-5-9-19(21)17-31-32(23)24)26(35)40-29(41-27(30)36)15-7-4-8-16-29/h5-6,9-14,17,22-24H,4,7-8,15-16H2,1-3H3/t22-,23+,24+/m0/s1. The number of esters is 3. The van der Waals surface area contributed by atoms with Crippen LogP contribution in [-0.4, -0.2) is 51.5 Å². The normalized spacial score (nSPS) is 25.7. The number of non-ortho nitro benzene ring substituents is 1. The van der Waals surface area contributed by atoms with Crippen LogP contribution in [0.3, 0.4) is 0 Å². The van der Waals surface area contributed by atoms with Crippen LogP contribution in [0.4, 0.5) is 5.69 Å². The number of carbonyl (C=O) groups is 3. The van der Waals surface area contributed by atoms with Gasteiger partial charge in [0.1, 0.15) is 11.6 Å². The minimum Gasteiger partial charge on any atom is -0.458 e. The molecule has 2 saturated heterocycles. The van der Waals surface area contributed by atoms with E-state index in [1.165, 1.54) is 29.3 Å². The Labute approximate surface area is 236 Å². The number of nitro benzene ring substituents is 1. The predicted octanol–water partition coefficient (Wildman–Crippen LogP) is 4.54. The van der Waals surface area contributed by atoms with Gasteiger partial charge in [-0.1, -0.05) is 42.8 Å². The highest BCUT2D eigenvalue weighted by Gasteiger charge is 2.76. The molecule has 41 heavy (non-hydrogen) atoms. The Balaban J connectivity index is 1.59. The molecular formula is C30H31N3O8. The molecule has 2 spiro atoms. The van der Waals surface area contributed by atoms with E-state index in [-0.39, 0.29) is 5.69 Å². The summed E-state index contributed by atoms with van der Waals surface area (Å²) in [6, 6.07) is 10.4. The van der Waals surface area contributed by atoms with Crippen molar-refractivity contribution >= 4 is 29.8 Å². The molecule has 3 fully saturated rings. The first-order valence-electron chi connectivity index (χ1n) is 13.8. The first kappa shape index (κ1) is 26.9. The van der Waals surface area contributed by atoms with Gasteiger partial charge < -0.3 is 14.2 Å². The molecule has 214 valence electrons. The fraction of sp³-hybridized carbons (Fsp3) is 0.467. The Morgan fingerprint density at radius 2 is 1.66 bits per heavy atom. The van der Waals surface area contributed by atoms with Crippen LogP contribution in [-0.2, 0) is 28.6 Å². The monoisotopic (exact) mass is 561 g/mol. The van der Waals surface area contributed by atoms with Gasteiger partial charge in [-0.15, -0.1) is 0 Å². The van der Waals surface area contributed by atoms with Crippen LogP contribution in [0.2, 0.25) is 0 Å². The van der Waals surface area contributed by atoms with Gasteiger partial charge >= 0.3 is 17.9 Å². The molecule has 2 aromatic rings. The van der Waals surface area contributed by atoms with E-state index in [9.17, 15) is 24.5 Å². The average molecular weight is 562 g/mol. The van der Waals surface area contributed by atoms with E-state index in [1.54, 1.807) is 39.1 Å². The smallest absolute Gasteiger partial charge is 0.331 e. The molecule has 11 nitrogen and oxygen atoms in total. The van der Waals surface area contributed by atoms with Gasteiger partial charge in [0.05, 0.1) is 11.1 Å². The quantitative estimate of drug-likeness (QED) is 0.229. The van der Waals surface area contributed by atoms with Gasteiger partial charge in [0.15, 0.2) is 6.04 Å². The highest BCUT2D eigenvalue weighted by Crippen LogP contribution is 2.63. The predicted molar refractivity (Wildman–Crippen MR) is 145 cm³/mol. The molecule has 0 bridgehead atoms. The number of ether oxygens (including phenoxy) is 3. The third-order valence-electron chi connectivity index (χ3n) is 8.37. The lowest BCUT2D eigenvalue weighted by atomic mass is 9.65. The Morgan fingerprint density at radius 1 is 1.02 bits per heavy atom. The zero-order valence-corrected chi connectivity index (χ0v) is 23.1. The number of fused-ring (bicyclic) bond motifs is 4. The molecule has 0 amide bonds. The first-order valence-corrected chi connectivity index (χ1v) is 13.8. The lowest BCUT2D eigenvalue weighted by molar-refractivity contribution is -0.384. The number of hydrogen-bond acceptors (Lipinski definition) is 10. The van der Waals surface area contributed by atoms with Crippen molar-refractivity contribution in [2.75, 3.05) is 0 Å². The highest BCUT2D eigenvalue weighted by molar-refractivity contribution is 6.06. The summed E-state index contributed by atoms with van der Waals surface area (Å²) in [6.45, 7) is 5.16. The van der Waals surface area contributed by atoms with Crippen LogP contribution in [0, 0.1) is 15.5 Å². The van der Waals surface area contributed by atoms with Crippen molar-refractivity contribution in [3.63, 3.8) is 0 Å². The van der Waals surface area contributed by atoms with Crippen LogP contribution in [0.1, 0.15) is 81.5 Å². The van der Waals surface area contributed by atoms with Crippen molar-refractivity contribution in [2.45, 2.75) is 82.3 Å². The van der Waals surface area contributed by atoms with Gasteiger partial charge in [-0.25, -0.2) is 4.79 Å². The average Bonchev–Trinajstić information content (AvgIpc) is 3.24. The van der Waals surface area contributed by atoms with Gasteiger partial charge in [0, 0.05) is 30.9 Å². The second-order valence-corrected chi connectivity index (χ2v) is 12.1. The number of benzene rings is 2. The molecule has 3 aliphatic heterocycles. The van der Waals surface area contributed by atoms with E-state index >= 15 is 0 Å². The zero-order chi connectivity index (χ0) is 29.2. The summed E-state index contributed by atoms with van der Waals surface area (Å²) in [5.74, 6) is -4.84. The van der Waals surface area contributed by atoms with Crippen LogP contribution in [0.5, 0.6) is 0 Å². The minimum absolute atomic E-state index is 0.175. The summed E-state index contributed by atoms with van der Waals surface area (Å²) in [5.41, 5.74) is -1.48. The Hall–Kier alpha value is -4.28. The molecule has 0 radical (unpaired) electrons. The molecular weight excluding hydrogens is 530 g/mol. The molecule has 1 aliphatic carbocycles. The largest absolute Gasteiger partial charge is 0.458 e. The van der Waals surface area contributed by atoms with Gasteiger partial charge in [0.2, 0.25) is 5.41 Å². The molecule has 0 N–H and O–H groups in total. The summed E-state index contributed by atoms with van der Waals surface area (Å²) in [5, 5.41) is 17.5. The van der Waals surface area contributed by atoms with Gasteiger partial charge in [-0.2, -0.15) is 5.10 Å². The Morgan fingerprint density at radius 3 is 2.27 bits per heavy atom. The lowest BCUT2D eigenvalue weighted by Gasteiger charge is -2.47. The van der Waals surface area contributed by atoms with Crippen molar-refractivity contribution in [1.82, 2.24) is 5.01 Å². The van der Waals surface area contributed by atoms with Gasteiger partial charge in [-0.3, -0.25) is 24.7 Å². The van der Waals surface area contributed by atoms with Crippen LogP contribution in [0.25, 0.3) is 0 Å². The summed E-state index contributed by atoms with van der Waals surface area (Å²) < 4.78 is 18.0. The van der Waals surface area contributed by atoms with E-state index < -0.39 is 57.6 Å². The second kappa shape index (κ2) is 9.39. The lowest BCUT2D eigenvalue weighted by Crippen LogP contribution is -2.60. The van der Waals surface area contributed by atoms with Crippen LogP contribution >= 0.6 is 0 Å². The van der Waals surface area contributed by atoms with Crippen LogP contribution < -0.4 is 0 Å². The number of nitro groups is 1. The topological polar surface area (TPSA) is 138 Å². The van der Waals surface area contributed by atoms with E-state index in [0.29, 0.717) is 29.5 Å². The number of nitrogens with zero attached hydrogens (tertiary/aromatic N) is 3. The van der Waals surface area contributed by atoms with Crippen molar-refractivity contribution in [3.05, 3.63) is 75.3 Å². The number of rotatable bonds is 3. The first-order chi connectivity index (χ1) is 19.5.